The molecule has 0 saturated carbocycles. The molecule has 2 aromatic carbocycles. The van der Waals surface area contributed by atoms with Crippen molar-refractivity contribution in [1.29, 1.82) is 0 Å². The van der Waals surface area contributed by atoms with E-state index in [-0.39, 0.29) is 11.8 Å². The van der Waals surface area contributed by atoms with Crippen LogP contribution in [0.2, 0.25) is 0 Å². The Bertz CT molecular complexity index is 707. The minimum absolute atomic E-state index is 0.122. The zero-order valence-corrected chi connectivity index (χ0v) is 14.8. The van der Waals surface area contributed by atoms with Crippen molar-refractivity contribution in [2.75, 3.05) is 19.0 Å². The van der Waals surface area contributed by atoms with Crippen LogP contribution in [0.3, 0.4) is 0 Å². The molecule has 0 aliphatic heterocycles. The molecule has 5 heteroatoms. The van der Waals surface area contributed by atoms with Crippen molar-refractivity contribution in [2.45, 2.75) is 20.3 Å². The third kappa shape index (κ3) is 5.64. The summed E-state index contributed by atoms with van der Waals surface area (Å²) in [6, 6.07) is 13.7. The molecule has 2 rings (SSSR count). The van der Waals surface area contributed by atoms with Crippen LogP contribution in [0.5, 0.6) is 5.75 Å². The second-order valence-electron chi connectivity index (χ2n) is 6.20. The number of carbonyl (C=O) groups excluding carboxylic acids is 2. The van der Waals surface area contributed by atoms with Crippen LogP contribution in [0.25, 0.3) is 0 Å². The zero-order chi connectivity index (χ0) is 18.2. The summed E-state index contributed by atoms with van der Waals surface area (Å²) in [7, 11) is 1.59. The van der Waals surface area contributed by atoms with Gasteiger partial charge in [0.1, 0.15) is 5.75 Å². The maximum absolute atomic E-state index is 12.3. The van der Waals surface area contributed by atoms with Gasteiger partial charge in [-0.15, -0.1) is 0 Å². The Morgan fingerprint density at radius 2 is 1.48 bits per heavy atom. The van der Waals surface area contributed by atoms with Gasteiger partial charge < -0.3 is 15.4 Å². The van der Waals surface area contributed by atoms with Gasteiger partial charge in [-0.25, -0.2) is 0 Å². The van der Waals surface area contributed by atoms with Crippen molar-refractivity contribution in [3.8, 4) is 5.75 Å². The molecule has 0 saturated heterocycles. The third-order valence-electron chi connectivity index (χ3n) is 3.76. The third-order valence-corrected chi connectivity index (χ3v) is 3.76. The van der Waals surface area contributed by atoms with Gasteiger partial charge in [0.15, 0.2) is 0 Å². The summed E-state index contributed by atoms with van der Waals surface area (Å²) in [5, 5.41) is 5.69. The van der Waals surface area contributed by atoms with Crippen molar-refractivity contribution in [1.82, 2.24) is 5.32 Å². The van der Waals surface area contributed by atoms with Gasteiger partial charge in [-0.1, -0.05) is 13.8 Å². The first-order chi connectivity index (χ1) is 12.0. The molecule has 0 unspecified atom stereocenters. The van der Waals surface area contributed by atoms with Gasteiger partial charge in [0, 0.05) is 23.4 Å². The Morgan fingerprint density at radius 3 is 2.00 bits per heavy atom. The van der Waals surface area contributed by atoms with Crippen LogP contribution < -0.4 is 15.4 Å². The highest BCUT2D eigenvalue weighted by molar-refractivity contribution is 6.05. The van der Waals surface area contributed by atoms with E-state index < -0.39 is 0 Å². The highest BCUT2D eigenvalue weighted by atomic mass is 16.5. The Labute approximate surface area is 148 Å². The van der Waals surface area contributed by atoms with E-state index in [1.807, 2.05) is 0 Å². The van der Waals surface area contributed by atoms with E-state index in [0.717, 1.165) is 12.2 Å². The van der Waals surface area contributed by atoms with Gasteiger partial charge in [0.05, 0.1) is 7.11 Å². The molecular weight excluding hydrogens is 316 g/mol. The van der Waals surface area contributed by atoms with Crippen LogP contribution in [-0.2, 0) is 0 Å². The molecule has 2 amide bonds. The molecule has 0 atom stereocenters. The predicted molar refractivity (Wildman–Crippen MR) is 99.2 cm³/mol. The molecule has 0 radical (unpaired) electrons. The van der Waals surface area contributed by atoms with E-state index in [9.17, 15) is 9.59 Å². The number of rotatable bonds is 7. The summed E-state index contributed by atoms with van der Waals surface area (Å²) in [6.45, 7) is 4.88. The summed E-state index contributed by atoms with van der Waals surface area (Å²) < 4.78 is 5.08. The minimum Gasteiger partial charge on any atom is -0.497 e. The van der Waals surface area contributed by atoms with Crippen LogP contribution >= 0.6 is 0 Å². The van der Waals surface area contributed by atoms with Crippen LogP contribution in [0, 0.1) is 5.92 Å². The minimum atomic E-state index is -0.225. The molecule has 132 valence electrons. The number of ether oxygens (including phenoxy) is 1. The van der Waals surface area contributed by atoms with Gasteiger partial charge in [0.25, 0.3) is 11.8 Å². The predicted octanol–water partition coefficient (Wildman–Crippen LogP) is 3.72. The van der Waals surface area contributed by atoms with E-state index in [2.05, 4.69) is 24.5 Å². The molecule has 5 nitrogen and oxygen atoms in total. The molecule has 25 heavy (non-hydrogen) atoms. The number of amides is 2. The normalized spacial score (nSPS) is 10.4. The van der Waals surface area contributed by atoms with Crippen molar-refractivity contribution >= 4 is 17.5 Å². The van der Waals surface area contributed by atoms with Gasteiger partial charge in [-0.3, -0.25) is 9.59 Å². The fourth-order valence-electron chi connectivity index (χ4n) is 2.23. The molecular formula is C20H24N2O3. The first-order valence-corrected chi connectivity index (χ1v) is 8.33. The highest BCUT2D eigenvalue weighted by Crippen LogP contribution is 2.16. The van der Waals surface area contributed by atoms with E-state index in [0.29, 0.717) is 29.3 Å². The summed E-state index contributed by atoms with van der Waals surface area (Å²) >= 11 is 0. The number of hydrogen-bond donors (Lipinski definition) is 2. The first kappa shape index (κ1) is 18.5. The topological polar surface area (TPSA) is 67.4 Å². The van der Waals surface area contributed by atoms with Gasteiger partial charge in [-0.05, 0) is 60.9 Å². The second-order valence-corrected chi connectivity index (χ2v) is 6.20. The lowest BCUT2D eigenvalue weighted by Gasteiger charge is -2.09. The molecule has 0 aliphatic rings. The number of nitrogens with one attached hydrogen (secondary N) is 2. The quantitative estimate of drug-likeness (QED) is 0.807. The Hall–Kier alpha value is -2.82. The van der Waals surface area contributed by atoms with Crippen molar-refractivity contribution < 1.29 is 14.3 Å². The van der Waals surface area contributed by atoms with Crippen molar-refractivity contribution in [2.24, 2.45) is 5.92 Å². The van der Waals surface area contributed by atoms with E-state index in [4.69, 9.17) is 4.74 Å². The lowest BCUT2D eigenvalue weighted by molar-refractivity contribution is 0.0950. The molecule has 0 bridgehead atoms. The lowest BCUT2D eigenvalue weighted by Crippen LogP contribution is -2.25. The molecule has 0 heterocycles. The SMILES string of the molecule is COc1ccc(NC(=O)c2ccc(C(=O)NCCC(C)C)cc2)cc1. The van der Waals surface area contributed by atoms with Crippen LogP contribution in [0.1, 0.15) is 41.0 Å². The Morgan fingerprint density at radius 1 is 0.920 bits per heavy atom. The summed E-state index contributed by atoms with van der Waals surface area (Å²) in [4.78, 5) is 24.3. The standard InChI is InChI=1S/C20H24N2O3/c1-14(2)12-13-21-19(23)15-4-6-16(7-5-15)20(24)22-17-8-10-18(25-3)11-9-17/h4-11,14H,12-13H2,1-3H3,(H,21,23)(H,22,24). The van der Waals surface area contributed by atoms with Crippen molar-refractivity contribution in [3.63, 3.8) is 0 Å². The maximum atomic E-state index is 12.3. The lowest BCUT2D eigenvalue weighted by atomic mass is 10.1. The van der Waals surface area contributed by atoms with Crippen molar-refractivity contribution in [3.05, 3.63) is 59.7 Å². The number of carbonyl (C=O) groups is 2. The molecule has 0 aromatic heterocycles. The molecule has 0 fully saturated rings. The number of hydrogen-bond acceptors (Lipinski definition) is 3. The fraction of sp³-hybridized carbons (Fsp3) is 0.300. The largest absolute Gasteiger partial charge is 0.497 e. The van der Waals surface area contributed by atoms with Crippen LogP contribution in [0.4, 0.5) is 5.69 Å². The average molecular weight is 340 g/mol. The molecule has 2 N–H and O–H groups in total. The monoisotopic (exact) mass is 340 g/mol. The van der Waals surface area contributed by atoms with Gasteiger partial charge in [-0.2, -0.15) is 0 Å². The van der Waals surface area contributed by atoms with Crippen LogP contribution in [-0.4, -0.2) is 25.5 Å². The maximum Gasteiger partial charge on any atom is 0.255 e. The number of benzene rings is 2. The summed E-state index contributed by atoms with van der Waals surface area (Å²) in [5.74, 6) is 0.926. The summed E-state index contributed by atoms with van der Waals surface area (Å²) in [5.41, 5.74) is 1.72. The first-order valence-electron chi connectivity index (χ1n) is 8.33. The fourth-order valence-corrected chi connectivity index (χ4v) is 2.23. The van der Waals surface area contributed by atoms with Gasteiger partial charge >= 0.3 is 0 Å². The second kappa shape index (κ2) is 8.87. The summed E-state index contributed by atoms with van der Waals surface area (Å²) in [6.07, 6.45) is 0.939. The molecule has 0 aliphatic carbocycles. The van der Waals surface area contributed by atoms with E-state index >= 15 is 0 Å². The average Bonchev–Trinajstić information content (AvgIpc) is 2.62. The zero-order valence-electron chi connectivity index (χ0n) is 14.8. The molecule has 0 spiro atoms. The highest BCUT2D eigenvalue weighted by Gasteiger charge is 2.09. The van der Waals surface area contributed by atoms with E-state index in [1.54, 1.807) is 55.6 Å². The van der Waals surface area contributed by atoms with E-state index in [1.165, 1.54) is 0 Å². The Kier molecular flexibility index (Phi) is 6.57. The number of methoxy groups -OCH3 is 1. The number of anilines is 1. The molecule has 2 aromatic rings. The van der Waals surface area contributed by atoms with Gasteiger partial charge in [0.2, 0.25) is 0 Å². The van der Waals surface area contributed by atoms with Crippen LogP contribution in [0.15, 0.2) is 48.5 Å². The Balaban J connectivity index is 1.93. The smallest absolute Gasteiger partial charge is 0.255 e.